The SMILES string of the molecule is CN1CCC(=C2c3ccc(Cl)cc3CC(=O)c3sccc32)CC1. The van der Waals surface area contributed by atoms with Crippen LogP contribution < -0.4 is 0 Å². The van der Waals surface area contributed by atoms with Gasteiger partial charge >= 0.3 is 0 Å². The van der Waals surface area contributed by atoms with Crippen molar-refractivity contribution in [3.63, 3.8) is 0 Å². The fourth-order valence-electron chi connectivity index (χ4n) is 3.59. The average molecular weight is 344 g/mol. The van der Waals surface area contributed by atoms with Crippen molar-refractivity contribution in [1.29, 1.82) is 0 Å². The third-order valence-electron chi connectivity index (χ3n) is 4.82. The summed E-state index contributed by atoms with van der Waals surface area (Å²) in [6.45, 7) is 2.16. The predicted molar refractivity (Wildman–Crippen MR) is 96.6 cm³/mol. The Labute approximate surface area is 145 Å². The zero-order valence-corrected chi connectivity index (χ0v) is 14.6. The van der Waals surface area contributed by atoms with Crippen molar-refractivity contribution in [2.24, 2.45) is 0 Å². The number of Topliss-reactive ketones (excluding diaryl/α,β-unsaturated/α-hetero) is 1. The molecule has 2 nitrogen and oxygen atoms in total. The summed E-state index contributed by atoms with van der Waals surface area (Å²) >= 11 is 7.75. The van der Waals surface area contributed by atoms with E-state index in [-0.39, 0.29) is 5.78 Å². The van der Waals surface area contributed by atoms with Crippen LogP contribution in [-0.2, 0) is 6.42 Å². The molecule has 2 aliphatic rings. The molecule has 0 saturated carbocycles. The molecular formula is C19H18ClNOS. The van der Waals surface area contributed by atoms with Gasteiger partial charge in [-0.3, -0.25) is 4.79 Å². The molecular weight excluding hydrogens is 326 g/mol. The van der Waals surface area contributed by atoms with Crippen LogP contribution in [0.25, 0.3) is 5.57 Å². The highest BCUT2D eigenvalue weighted by molar-refractivity contribution is 7.12. The summed E-state index contributed by atoms with van der Waals surface area (Å²) in [5, 5.41) is 2.74. The molecule has 0 radical (unpaired) electrons. The van der Waals surface area contributed by atoms with E-state index < -0.39 is 0 Å². The number of rotatable bonds is 0. The Morgan fingerprint density at radius 1 is 1.13 bits per heavy atom. The molecule has 118 valence electrons. The lowest BCUT2D eigenvalue weighted by Gasteiger charge is -2.27. The van der Waals surface area contributed by atoms with Crippen LogP contribution in [0.3, 0.4) is 0 Å². The molecule has 23 heavy (non-hydrogen) atoms. The number of thiophene rings is 1. The lowest BCUT2D eigenvalue weighted by atomic mass is 9.88. The Kier molecular flexibility index (Phi) is 3.88. The fraction of sp³-hybridized carbons (Fsp3) is 0.316. The minimum Gasteiger partial charge on any atom is -0.306 e. The Morgan fingerprint density at radius 2 is 1.91 bits per heavy atom. The summed E-state index contributed by atoms with van der Waals surface area (Å²) in [7, 11) is 2.17. The molecule has 1 aromatic carbocycles. The lowest BCUT2D eigenvalue weighted by Crippen LogP contribution is -2.27. The predicted octanol–water partition coefficient (Wildman–Crippen LogP) is 4.67. The molecule has 0 N–H and O–H groups in total. The first-order valence-electron chi connectivity index (χ1n) is 7.94. The van der Waals surface area contributed by atoms with Crippen LogP contribution in [0.4, 0.5) is 0 Å². The van der Waals surface area contributed by atoms with Crippen LogP contribution in [0.5, 0.6) is 0 Å². The number of halogens is 1. The minimum absolute atomic E-state index is 0.210. The second-order valence-corrected chi connectivity index (χ2v) is 7.70. The van der Waals surface area contributed by atoms with Gasteiger partial charge in [0.2, 0.25) is 0 Å². The summed E-state index contributed by atoms with van der Waals surface area (Å²) in [5.74, 6) is 0.210. The number of carbonyl (C=O) groups excluding carboxylic acids is 1. The number of ketones is 1. The highest BCUT2D eigenvalue weighted by atomic mass is 35.5. The maximum atomic E-state index is 12.7. The summed E-state index contributed by atoms with van der Waals surface area (Å²) < 4.78 is 0. The molecule has 0 bridgehead atoms. The Morgan fingerprint density at radius 3 is 2.70 bits per heavy atom. The van der Waals surface area contributed by atoms with Gasteiger partial charge in [-0.2, -0.15) is 0 Å². The number of hydrogen-bond acceptors (Lipinski definition) is 3. The molecule has 4 heteroatoms. The Balaban J connectivity index is 1.96. The molecule has 1 aliphatic heterocycles. The van der Waals surface area contributed by atoms with Crippen molar-refractivity contribution in [3.05, 3.63) is 61.8 Å². The Bertz CT molecular complexity index is 811. The quantitative estimate of drug-likeness (QED) is 0.693. The van der Waals surface area contributed by atoms with Crippen molar-refractivity contribution in [3.8, 4) is 0 Å². The van der Waals surface area contributed by atoms with E-state index in [4.69, 9.17) is 11.6 Å². The minimum atomic E-state index is 0.210. The van der Waals surface area contributed by atoms with Gasteiger partial charge in [-0.05, 0) is 60.2 Å². The summed E-state index contributed by atoms with van der Waals surface area (Å²) in [5.41, 5.74) is 6.14. The third kappa shape index (κ3) is 2.67. The van der Waals surface area contributed by atoms with Crippen LogP contribution in [0, 0.1) is 0 Å². The van der Waals surface area contributed by atoms with E-state index in [9.17, 15) is 4.79 Å². The monoisotopic (exact) mass is 343 g/mol. The summed E-state index contributed by atoms with van der Waals surface area (Å²) in [6, 6.07) is 8.11. The van der Waals surface area contributed by atoms with E-state index in [1.807, 2.05) is 17.5 Å². The normalized spacial score (nSPS) is 18.6. The molecule has 4 rings (SSSR count). The Hall–Kier alpha value is -1.42. The van der Waals surface area contributed by atoms with Gasteiger partial charge in [0.05, 0.1) is 4.88 Å². The summed E-state index contributed by atoms with van der Waals surface area (Å²) in [6.07, 6.45) is 2.58. The standard InChI is InChI=1S/C19H18ClNOS/c1-21-7-4-12(5-8-21)18-15-3-2-14(20)10-13(15)11-17(22)19-16(18)6-9-23-19/h2-3,6,9-10H,4-5,7-8,11H2,1H3. The first-order chi connectivity index (χ1) is 11.1. The second kappa shape index (κ2) is 5.90. The van der Waals surface area contributed by atoms with Gasteiger partial charge in [0.25, 0.3) is 0 Å². The van der Waals surface area contributed by atoms with Gasteiger partial charge in [-0.1, -0.05) is 23.2 Å². The topological polar surface area (TPSA) is 20.3 Å². The number of piperidine rings is 1. The number of nitrogens with zero attached hydrogens (tertiary/aromatic N) is 1. The molecule has 0 unspecified atom stereocenters. The first-order valence-corrected chi connectivity index (χ1v) is 9.19. The van der Waals surface area contributed by atoms with E-state index in [0.29, 0.717) is 11.4 Å². The van der Waals surface area contributed by atoms with Crippen LogP contribution in [0.1, 0.15) is 39.2 Å². The van der Waals surface area contributed by atoms with E-state index >= 15 is 0 Å². The number of carbonyl (C=O) groups is 1. The largest absolute Gasteiger partial charge is 0.306 e. The van der Waals surface area contributed by atoms with Crippen molar-refractivity contribution in [2.45, 2.75) is 19.3 Å². The smallest absolute Gasteiger partial charge is 0.177 e. The van der Waals surface area contributed by atoms with Gasteiger partial charge < -0.3 is 4.90 Å². The van der Waals surface area contributed by atoms with Crippen molar-refractivity contribution in [2.75, 3.05) is 20.1 Å². The van der Waals surface area contributed by atoms with Crippen LogP contribution in [0.2, 0.25) is 5.02 Å². The van der Waals surface area contributed by atoms with Crippen molar-refractivity contribution < 1.29 is 4.79 Å². The van der Waals surface area contributed by atoms with Gasteiger partial charge in [0, 0.05) is 30.1 Å². The molecule has 0 atom stereocenters. The zero-order chi connectivity index (χ0) is 16.0. The number of hydrogen-bond donors (Lipinski definition) is 0. The summed E-state index contributed by atoms with van der Waals surface area (Å²) in [4.78, 5) is 15.9. The molecule has 1 aliphatic carbocycles. The van der Waals surface area contributed by atoms with Crippen molar-refractivity contribution in [1.82, 2.24) is 4.90 Å². The van der Waals surface area contributed by atoms with E-state index in [2.05, 4.69) is 24.1 Å². The number of fused-ring (bicyclic) bond motifs is 2. The van der Waals surface area contributed by atoms with Gasteiger partial charge in [-0.25, -0.2) is 0 Å². The third-order valence-corrected chi connectivity index (χ3v) is 6.01. The molecule has 0 spiro atoms. The number of benzene rings is 1. The molecule has 0 amide bonds. The highest BCUT2D eigenvalue weighted by Crippen LogP contribution is 2.40. The van der Waals surface area contributed by atoms with E-state index in [0.717, 1.165) is 41.9 Å². The van der Waals surface area contributed by atoms with Crippen LogP contribution >= 0.6 is 22.9 Å². The van der Waals surface area contributed by atoms with Gasteiger partial charge in [0.15, 0.2) is 5.78 Å². The maximum Gasteiger partial charge on any atom is 0.177 e. The first kappa shape index (κ1) is 15.1. The van der Waals surface area contributed by atoms with Gasteiger partial charge in [-0.15, -0.1) is 11.3 Å². The van der Waals surface area contributed by atoms with Crippen LogP contribution in [-0.4, -0.2) is 30.8 Å². The van der Waals surface area contributed by atoms with Gasteiger partial charge in [0.1, 0.15) is 0 Å². The van der Waals surface area contributed by atoms with E-state index in [1.165, 1.54) is 16.7 Å². The molecule has 1 saturated heterocycles. The second-order valence-electron chi connectivity index (χ2n) is 6.35. The average Bonchev–Trinajstić information content (AvgIpc) is 2.97. The number of likely N-dealkylation sites (tertiary alicyclic amines) is 1. The zero-order valence-electron chi connectivity index (χ0n) is 13.1. The maximum absolute atomic E-state index is 12.7. The fourth-order valence-corrected chi connectivity index (χ4v) is 4.63. The van der Waals surface area contributed by atoms with Crippen molar-refractivity contribution >= 4 is 34.3 Å². The lowest BCUT2D eigenvalue weighted by molar-refractivity contribution is 0.0997. The molecule has 1 aromatic heterocycles. The molecule has 2 aromatic rings. The molecule has 1 fully saturated rings. The molecule has 2 heterocycles. The van der Waals surface area contributed by atoms with Crippen LogP contribution in [0.15, 0.2) is 35.2 Å². The highest BCUT2D eigenvalue weighted by Gasteiger charge is 2.27. The van der Waals surface area contributed by atoms with E-state index in [1.54, 1.807) is 11.3 Å².